The molecular formula is C23H23ClFN3O3. The van der Waals surface area contributed by atoms with Crippen LogP contribution in [-0.2, 0) is 11.3 Å². The summed E-state index contributed by atoms with van der Waals surface area (Å²) < 4.78 is 25.4. The molecule has 2 aromatic carbocycles. The SMILES string of the molecule is Cc1onc(-c2c(F)cccc2Cl)c1C(=O)NCC1CN(Cc2ccccc2)CCO1. The van der Waals surface area contributed by atoms with Crippen molar-refractivity contribution >= 4 is 17.5 Å². The molecule has 8 heteroatoms. The van der Waals surface area contributed by atoms with Gasteiger partial charge in [-0.25, -0.2) is 4.39 Å². The van der Waals surface area contributed by atoms with Gasteiger partial charge in [0.1, 0.15) is 22.8 Å². The van der Waals surface area contributed by atoms with Gasteiger partial charge in [0.25, 0.3) is 5.91 Å². The van der Waals surface area contributed by atoms with Gasteiger partial charge in [-0.3, -0.25) is 9.69 Å². The van der Waals surface area contributed by atoms with Gasteiger partial charge in [-0.05, 0) is 24.6 Å². The summed E-state index contributed by atoms with van der Waals surface area (Å²) in [7, 11) is 0. The largest absolute Gasteiger partial charge is 0.374 e. The monoisotopic (exact) mass is 443 g/mol. The van der Waals surface area contributed by atoms with Crippen LogP contribution in [0.1, 0.15) is 21.7 Å². The van der Waals surface area contributed by atoms with Crippen molar-refractivity contribution in [3.63, 3.8) is 0 Å². The number of morpholine rings is 1. The van der Waals surface area contributed by atoms with Gasteiger partial charge in [-0.15, -0.1) is 0 Å². The van der Waals surface area contributed by atoms with E-state index in [1.54, 1.807) is 13.0 Å². The fraction of sp³-hybridized carbons (Fsp3) is 0.304. The molecule has 1 N–H and O–H groups in total. The molecule has 1 unspecified atom stereocenters. The van der Waals surface area contributed by atoms with Crippen LogP contribution in [0.15, 0.2) is 53.1 Å². The zero-order valence-electron chi connectivity index (χ0n) is 17.1. The second-order valence-corrected chi connectivity index (χ2v) is 7.89. The van der Waals surface area contributed by atoms with Crippen LogP contribution >= 0.6 is 11.6 Å². The van der Waals surface area contributed by atoms with Crippen LogP contribution in [-0.4, -0.2) is 48.3 Å². The molecule has 0 aliphatic carbocycles. The Bertz CT molecular complexity index is 1040. The van der Waals surface area contributed by atoms with Crippen molar-refractivity contribution < 1.29 is 18.4 Å². The minimum atomic E-state index is -0.568. The predicted molar refractivity (Wildman–Crippen MR) is 115 cm³/mol. The lowest BCUT2D eigenvalue weighted by molar-refractivity contribution is -0.0292. The van der Waals surface area contributed by atoms with E-state index in [1.165, 1.54) is 17.7 Å². The standard InChI is InChI=1S/C23H23ClFN3O3/c1-15-20(22(27-31-15)21-18(24)8-5-9-19(21)25)23(29)26-12-17-14-28(10-11-30-17)13-16-6-3-2-4-7-16/h2-9,17H,10-14H2,1H3,(H,26,29). The van der Waals surface area contributed by atoms with Crippen LogP contribution in [0, 0.1) is 12.7 Å². The quantitative estimate of drug-likeness (QED) is 0.622. The number of nitrogens with one attached hydrogen (secondary N) is 1. The highest BCUT2D eigenvalue weighted by Gasteiger charge is 2.27. The molecular weight excluding hydrogens is 421 g/mol. The number of hydrogen-bond donors (Lipinski definition) is 1. The second-order valence-electron chi connectivity index (χ2n) is 7.48. The Hall–Kier alpha value is -2.74. The van der Waals surface area contributed by atoms with Gasteiger partial charge < -0.3 is 14.6 Å². The van der Waals surface area contributed by atoms with E-state index < -0.39 is 11.7 Å². The van der Waals surface area contributed by atoms with Crippen LogP contribution in [0.2, 0.25) is 5.02 Å². The summed E-state index contributed by atoms with van der Waals surface area (Å²) in [6.45, 7) is 4.88. The highest BCUT2D eigenvalue weighted by atomic mass is 35.5. The van der Waals surface area contributed by atoms with Crippen molar-refractivity contribution in [3.8, 4) is 11.3 Å². The molecule has 1 fully saturated rings. The molecule has 1 aliphatic rings. The molecule has 1 atom stereocenters. The molecule has 1 saturated heterocycles. The molecule has 0 radical (unpaired) electrons. The van der Waals surface area contributed by atoms with E-state index in [-0.39, 0.29) is 27.9 Å². The molecule has 6 nitrogen and oxygen atoms in total. The van der Waals surface area contributed by atoms with Crippen molar-refractivity contribution in [2.75, 3.05) is 26.2 Å². The molecule has 1 aromatic heterocycles. The molecule has 0 saturated carbocycles. The van der Waals surface area contributed by atoms with E-state index in [0.29, 0.717) is 25.5 Å². The Morgan fingerprint density at radius 1 is 1.26 bits per heavy atom. The number of ether oxygens (including phenoxy) is 1. The number of carbonyl (C=O) groups excluding carboxylic acids is 1. The first-order valence-electron chi connectivity index (χ1n) is 10.1. The second kappa shape index (κ2) is 9.60. The molecule has 1 aliphatic heterocycles. The Morgan fingerprint density at radius 3 is 2.84 bits per heavy atom. The molecule has 31 heavy (non-hydrogen) atoms. The van der Waals surface area contributed by atoms with Crippen molar-refractivity contribution in [2.45, 2.75) is 19.6 Å². The van der Waals surface area contributed by atoms with Crippen LogP contribution in [0.5, 0.6) is 0 Å². The Morgan fingerprint density at radius 2 is 2.06 bits per heavy atom. The lowest BCUT2D eigenvalue weighted by Crippen LogP contribution is -2.47. The smallest absolute Gasteiger partial charge is 0.257 e. The molecule has 2 heterocycles. The van der Waals surface area contributed by atoms with Crippen LogP contribution in [0.4, 0.5) is 4.39 Å². The summed E-state index contributed by atoms with van der Waals surface area (Å²) in [5, 5.41) is 6.92. The lowest BCUT2D eigenvalue weighted by atomic mass is 10.0. The van der Waals surface area contributed by atoms with Gasteiger partial charge in [-0.2, -0.15) is 0 Å². The third-order valence-corrected chi connectivity index (χ3v) is 5.57. The van der Waals surface area contributed by atoms with Crippen molar-refractivity contribution in [3.05, 3.63) is 76.3 Å². The summed E-state index contributed by atoms with van der Waals surface area (Å²) in [5.74, 6) is -0.680. The number of halogens is 2. The first kappa shape index (κ1) is 21.5. The minimum absolute atomic E-state index is 0.0501. The molecule has 0 spiro atoms. The average Bonchev–Trinajstić information content (AvgIpc) is 3.14. The number of aryl methyl sites for hydroxylation is 1. The van der Waals surface area contributed by atoms with E-state index >= 15 is 0 Å². The number of aromatic nitrogens is 1. The average molecular weight is 444 g/mol. The first-order chi connectivity index (χ1) is 15.0. The normalized spacial score (nSPS) is 16.9. The number of carbonyl (C=O) groups is 1. The lowest BCUT2D eigenvalue weighted by Gasteiger charge is -2.33. The number of amides is 1. The maximum atomic E-state index is 14.4. The van der Waals surface area contributed by atoms with E-state index in [0.717, 1.165) is 13.1 Å². The topological polar surface area (TPSA) is 67.6 Å². The van der Waals surface area contributed by atoms with Crippen LogP contribution in [0.25, 0.3) is 11.3 Å². The summed E-state index contributed by atoms with van der Waals surface area (Å²) in [6.07, 6.45) is -0.151. The Labute approximate surface area is 184 Å². The predicted octanol–water partition coefficient (Wildman–Crippen LogP) is 4.07. The summed E-state index contributed by atoms with van der Waals surface area (Å²) >= 11 is 6.15. The fourth-order valence-electron chi connectivity index (χ4n) is 3.72. The maximum absolute atomic E-state index is 14.4. The zero-order valence-corrected chi connectivity index (χ0v) is 17.9. The van der Waals surface area contributed by atoms with Crippen molar-refractivity contribution in [1.29, 1.82) is 0 Å². The molecule has 1 amide bonds. The summed E-state index contributed by atoms with van der Waals surface area (Å²) in [6, 6.07) is 14.5. The van der Waals surface area contributed by atoms with E-state index in [2.05, 4.69) is 27.5 Å². The highest BCUT2D eigenvalue weighted by molar-refractivity contribution is 6.33. The maximum Gasteiger partial charge on any atom is 0.257 e. The van der Waals surface area contributed by atoms with Crippen LogP contribution < -0.4 is 5.32 Å². The molecule has 0 bridgehead atoms. The van der Waals surface area contributed by atoms with Crippen molar-refractivity contribution in [1.82, 2.24) is 15.4 Å². The third kappa shape index (κ3) is 4.95. The molecule has 4 rings (SSSR count). The number of nitrogens with zero attached hydrogens (tertiary/aromatic N) is 2. The Kier molecular flexibility index (Phi) is 6.65. The van der Waals surface area contributed by atoms with Crippen molar-refractivity contribution in [2.24, 2.45) is 0 Å². The van der Waals surface area contributed by atoms with Gasteiger partial charge in [-0.1, -0.05) is 53.2 Å². The van der Waals surface area contributed by atoms with Gasteiger partial charge in [0.15, 0.2) is 0 Å². The highest BCUT2D eigenvalue weighted by Crippen LogP contribution is 2.33. The number of rotatable bonds is 6. The third-order valence-electron chi connectivity index (χ3n) is 5.25. The van der Waals surface area contributed by atoms with Gasteiger partial charge in [0.05, 0.1) is 23.3 Å². The minimum Gasteiger partial charge on any atom is -0.374 e. The zero-order chi connectivity index (χ0) is 21.8. The van der Waals surface area contributed by atoms with Gasteiger partial charge in [0, 0.05) is 26.2 Å². The van der Waals surface area contributed by atoms with E-state index in [9.17, 15) is 9.18 Å². The molecule has 162 valence electrons. The number of hydrogen-bond acceptors (Lipinski definition) is 5. The van der Waals surface area contributed by atoms with Gasteiger partial charge >= 0.3 is 0 Å². The first-order valence-corrected chi connectivity index (χ1v) is 10.5. The summed E-state index contributed by atoms with van der Waals surface area (Å²) in [4.78, 5) is 15.2. The fourth-order valence-corrected chi connectivity index (χ4v) is 3.97. The summed E-state index contributed by atoms with van der Waals surface area (Å²) in [5.41, 5.74) is 1.55. The van der Waals surface area contributed by atoms with Gasteiger partial charge in [0.2, 0.25) is 0 Å². The number of benzene rings is 2. The Balaban J connectivity index is 1.42. The van der Waals surface area contributed by atoms with E-state index in [4.69, 9.17) is 20.9 Å². The van der Waals surface area contributed by atoms with Crippen LogP contribution in [0.3, 0.4) is 0 Å². The molecule has 3 aromatic rings. The van der Waals surface area contributed by atoms with E-state index in [1.807, 2.05) is 18.2 Å².